The number of benzene rings is 2. The molecule has 108 valence electrons. The van der Waals surface area contributed by atoms with E-state index in [1.165, 1.54) is 18.2 Å². The lowest BCUT2D eigenvalue weighted by Gasteiger charge is -2.15. The molecule has 21 heavy (non-hydrogen) atoms. The van der Waals surface area contributed by atoms with Crippen molar-refractivity contribution in [2.75, 3.05) is 0 Å². The topological polar surface area (TPSA) is 66.4 Å². The fraction of sp³-hybridized carbons (Fsp3) is 0.0667. The summed E-state index contributed by atoms with van der Waals surface area (Å²) in [7, 11) is 0. The monoisotopic (exact) mass is 351 g/mol. The molecule has 0 fully saturated rings. The molecule has 0 bridgehead atoms. The number of hydrogen-bond acceptors (Lipinski definition) is 2. The number of carbonyl (C=O) groups excluding carboxylic acids is 1. The maximum absolute atomic E-state index is 13.9. The number of carbonyl (C=O) groups is 2. The van der Waals surface area contributed by atoms with Crippen molar-refractivity contribution in [2.24, 2.45) is 0 Å². The van der Waals surface area contributed by atoms with Crippen LogP contribution in [-0.4, -0.2) is 17.0 Å². The summed E-state index contributed by atoms with van der Waals surface area (Å²) in [6.07, 6.45) is 0. The molecule has 4 nitrogen and oxygen atoms in total. The summed E-state index contributed by atoms with van der Waals surface area (Å²) >= 11 is 2.98. The second kappa shape index (κ2) is 6.49. The summed E-state index contributed by atoms with van der Waals surface area (Å²) in [5.74, 6) is -2.73. The normalized spacial score (nSPS) is 11.7. The number of nitrogens with one attached hydrogen (secondary N) is 1. The maximum atomic E-state index is 13.9. The van der Waals surface area contributed by atoms with Crippen LogP contribution in [0.5, 0.6) is 0 Å². The average Bonchev–Trinajstić information content (AvgIpc) is 2.48. The van der Waals surface area contributed by atoms with E-state index in [4.69, 9.17) is 0 Å². The quantitative estimate of drug-likeness (QED) is 0.889. The van der Waals surface area contributed by atoms with Crippen molar-refractivity contribution < 1.29 is 19.1 Å². The number of aliphatic carboxylic acids is 1. The Hall–Kier alpha value is -2.21. The standard InChI is InChI=1S/C15H11BrFNO3/c16-11-8-4-7-10(12(11)17)14(19)18-13(15(20)21)9-5-2-1-3-6-9/h1-8,13H,(H,18,19)(H,20,21)/t13-/m1/s1. The lowest BCUT2D eigenvalue weighted by molar-refractivity contribution is -0.139. The first-order chi connectivity index (χ1) is 10.0. The van der Waals surface area contributed by atoms with Crippen molar-refractivity contribution in [3.63, 3.8) is 0 Å². The fourth-order valence-electron chi connectivity index (χ4n) is 1.82. The Balaban J connectivity index is 2.28. The lowest BCUT2D eigenvalue weighted by Crippen LogP contribution is -2.34. The minimum atomic E-state index is -1.24. The number of rotatable bonds is 4. The van der Waals surface area contributed by atoms with Gasteiger partial charge in [-0.1, -0.05) is 36.4 Å². The molecule has 0 spiro atoms. The summed E-state index contributed by atoms with van der Waals surface area (Å²) in [5.41, 5.74) is 0.195. The molecule has 0 unspecified atom stereocenters. The van der Waals surface area contributed by atoms with E-state index in [0.717, 1.165) is 0 Å². The highest BCUT2D eigenvalue weighted by molar-refractivity contribution is 9.10. The highest BCUT2D eigenvalue weighted by atomic mass is 79.9. The van der Waals surface area contributed by atoms with E-state index in [0.29, 0.717) is 5.56 Å². The molecule has 0 aliphatic rings. The molecule has 1 amide bonds. The molecular weight excluding hydrogens is 341 g/mol. The van der Waals surface area contributed by atoms with E-state index < -0.39 is 23.7 Å². The highest BCUT2D eigenvalue weighted by Gasteiger charge is 2.24. The van der Waals surface area contributed by atoms with E-state index in [9.17, 15) is 19.1 Å². The second-order valence-corrected chi connectivity index (χ2v) is 5.11. The van der Waals surface area contributed by atoms with Crippen LogP contribution < -0.4 is 5.32 Å². The van der Waals surface area contributed by atoms with Crippen LogP contribution in [-0.2, 0) is 4.79 Å². The van der Waals surface area contributed by atoms with Crippen LogP contribution >= 0.6 is 15.9 Å². The van der Waals surface area contributed by atoms with Crippen molar-refractivity contribution in [3.05, 3.63) is 69.9 Å². The first kappa shape index (κ1) is 15.2. The van der Waals surface area contributed by atoms with E-state index in [1.807, 2.05) is 0 Å². The maximum Gasteiger partial charge on any atom is 0.330 e. The van der Waals surface area contributed by atoms with E-state index in [1.54, 1.807) is 30.3 Å². The molecule has 2 N–H and O–H groups in total. The average molecular weight is 352 g/mol. The zero-order chi connectivity index (χ0) is 15.4. The van der Waals surface area contributed by atoms with E-state index >= 15 is 0 Å². The Labute approximate surface area is 128 Å². The number of hydrogen-bond donors (Lipinski definition) is 2. The molecule has 2 aromatic rings. The second-order valence-electron chi connectivity index (χ2n) is 4.26. The van der Waals surface area contributed by atoms with Gasteiger partial charge in [0.2, 0.25) is 0 Å². The van der Waals surface area contributed by atoms with Gasteiger partial charge in [0.15, 0.2) is 6.04 Å². The van der Waals surface area contributed by atoms with Gasteiger partial charge in [0.05, 0.1) is 10.0 Å². The largest absolute Gasteiger partial charge is 0.479 e. The first-order valence-electron chi connectivity index (χ1n) is 6.03. The molecule has 0 radical (unpaired) electrons. The molecular formula is C15H11BrFNO3. The molecule has 0 aliphatic heterocycles. The Kier molecular flexibility index (Phi) is 4.70. The Morgan fingerprint density at radius 3 is 2.38 bits per heavy atom. The summed E-state index contributed by atoms with van der Waals surface area (Å²) in [6, 6.07) is 11.2. The molecule has 0 saturated heterocycles. The molecule has 0 aromatic heterocycles. The predicted octanol–water partition coefficient (Wildman–Crippen LogP) is 3.14. The Bertz CT molecular complexity index is 676. The van der Waals surface area contributed by atoms with Gasteiger partial charge in [-0.25, -0.2) is 9.18 Å². The van der Waals surface area contributed by atoms with Gasteiger partial charge >= 0.3 is 5.97 Å². The van der Waals surface area contributed by atoms with Gasteiger partial charge in [0, 0.05) is 0 Å². The van der Waals surface area contributed by atoms with Crippen LogP contribution in [0.1, 0.15) is 22.0 Å². The SMILES string of the molecule is O=C(N[C@@H](C(=O)O)c1ccccc1)c1cccc(Br)c1F. The number of amides is 1. The summed E-state index contributed by atoms with van der Waals surface area (Å²) < 4.78 is 14.0. The van der Waals surface area contributed by atoms with Gasteiger partial charge in [-0.05, 0) is 33.6 Å². The number of carboxylic acids is 1. The van der Waals surface area contributed by atoms with Gasteiger partial charge in [-0.3, -0.25) is 4.79 Å². The van der Waals surface area contributed by atoms with Gasteiger partial charge in [0.1, 0.15) is 5.82 Å². The lowest BCUT2D eigenvalue weighted by atomic mass is 10.1. The predicted molar refractivity (Wildman–Crippen MR) is 78.4 cm³/mol. The number of carboxylic acid groups (broad SMARTS) is 1. The molecule has 2 rings (SSSR count). The van der Waals surface area contributed by atoms with Gasteiger partial charge in [-0.2, -0.15) is 0 Å². The Morgan fingerprint density at radius 2 is 1.76 bits per heavy atom. The molecule has 2 aromatic carbocycles. The van der Waals surface area contributed by atoms with Gasteiger partial charge in [0.25, 0.3) is 5.91 Å². The minimum Gasteiger partial charge on any atom is -0.479 e. The molecule has 0 aliphatic carbocycles. The first-order valence-corrected chi connectivity index (χ1v) is 6.82. The van der Waals surface area contributed by atoms with Crippen LogP contribution in [0.3, 0.4) is 0 Å². The third-order valence-corrected chi connectivity index (χ3v) is 3.46. The highest BCUT2D eigenvalue weighted by Crippen LogP contribution is 2.20. The summed E-state index contributed by atoms with van der Waals surface area (Å²) in [4.78, 5) is 23.4. The van der Waals surface area contributed by atoms with Crippen LogP contribution in [0.2, 0.25) is 0 Å². The third kappa shape index (κ3) is 3.46. The van der Waals surface area contributed by atoms with Gasteiger partial charge in [-0.15, -0.1) is 0 Å². The molecule has 0 saturated carbocycles. The van der Waals surface area contributed by atoms with Crippen LogP contribution in [0.25, 0.3) is 0 Å². The fourth-order valence-corrected chi connectivity index (χ4v) is 2.19. The molecule has 1 atom stereocenters. The minimum absolute atomic E-state index is 0.140. The zero-order valence-corrected chi connectivity index (χ0v) is 12.3. The van der Waals surface area contributed by atoms with Crippen molar-refractivity contribution in [1.82, 2.24) is 5.32 Å². The van der Waals surface area contributed by atoms with Crippen LogP contribution in [0.4, 0.5) is 4.39 Å². The molecule has 6 heteroatoms. The van der Waals surface area contributed by atoms with Crippen molar-refractivity contribution in [1.29, 1.82) is 0 Å². The van der Waals surface area contributed by atoms with Crippen LogP contribution in [0, 0.1) is 5.82 Å². The van der Waals surface area contributed by atoms with Gasteiger partial charge < -0.3 is 10.4 Å². The zero-order valence-electron chi connectivity index (χ0n) is 10.7. The van der Waals surface area contributed by atoms with Crippen molar-refractivity contribution in [3.8, 4) is 0 Å². The number of halogens is 2. The smallest absolute Gasteiger partial charge is 0.330 e. The summed E-state index contributed by atoms with van der Waals surface area (Å²) in [6.45, 7) is 0. The van der Waals surface area contributed by atoms with Crippen LogP contribution in [0.15, 0.2) is 53.0 Å². The Morgan fingerprint density at radius 1 is 1.10 bits per heavy atom. The third-order valence-electron chi connectivity index (χ3n) is 2.85. The van der Waals surface area contributed by atoms with E-state index in [-0.39, 0.29) is 10.0 Å². The van der Waals surface area contributed by atoms with E-state index in [2.05, 4.69) is 21.2 Å². The van der Waals surface area contributed by atoms with Crippen molar-refractivity contribution in [2.45, 2.75) is 6.04 Å². The molecule has 0 heterocycles. The summed E-state index contributed by atoms with van der Waals surface area (Å²) in [5, 5.41) is 11.5. The van der Waals surface area contributed by atoms with Crippen molar-refractivity contribution >= 4 is 27.8 Å².